The minimum Gasteiger partial charge on any atom is -0.337 e. The first kappa shape index (κ1) is 17.3. The average molecular weight is 369 g/mol. The smallest absolute Gasteiger partial charge is 0.236 e. The van der Waals surface area contributed by atoms with Gasteiger partial charge in [-0.25, -0.2) is 0 Å². The Morgan fingerprint density at radius 2 is 2.12 bits per heavy atom. The predicted molar refractivity (Wildman–Crippen MR) is 103 cm³/mol. The molecule has 0 spiro atoms. The number of benzene rings is 1. The molecule has 1 amide bonds. The van der Waals surface area contributed by atoms with E-state index in [1.54, 1.807) is 0 Å². The number of hydrogen-bond acceptors (Lipinski definition) is 4. The van der Waals surface area contributed by atoms with Gasteiger partial charge < -0.3 is 9.47 Å². The van der Waals surface area contributed by atoms with Crippen molar-refractivity contribution in [2.45, 2.75) is 55.6 Å². The normalized spacial score (nSPS) is 17.7. The van der Waals surface area contributed by atoms with Gasteiger partial charge in [0.1, 0.15) is 5.82 Å². The van der Waals surface area contributed by atoms with Crippen molar-refractivity contribution >= 4 is 17.7 Å². The van der Waals surface area contributed by atoms with Crippen LogP contribution in [0.25, 0.3) is 0 Å². The molecule has 6 heteroatoms. The standard InChI is InChI=1S/C20H24N4OS/c1-3-11-24-18(16-8-9-16)21-22-20(24)26-14(2)19(25)23-12-10-15-6-4-5-7-17(15)13-23/h3-7,14,16H,1,8-13H2,2H3. The van der Waals surface area contributed by atoms with E-state index in [4.69, 9.17) is 0 Å². The molecule has 1 aromatic carbocycles. The summed E-state index contributed by atoms with van der Waals surface area (Å²) in [6.45, 7) is 7.99. The summed E-state index contributed by atoms with van der Waals surface area (Å²) < 4.78 is 2.12. The number of allylic oxidation sites excluding steroid dienone is 1. The van der Waals surface area contributed by atoms with E-state index in [2.05, 4.69) is 39.5 Å². The second kappa shape index (κ2) is 7.27. The van der Waals surface area contributed by atoms with Gasteiger partial charge in [-0.15, -0.1) is 16.8 Å². The maximum atomic E-state index is 13.0. The molecule has 0 N–H and O–H groups in total. The molecule has 0 radical (unpaired) electrons. The van der Waals surface area contributed by atoms with Crippen LogP contribution in [0, 0.1) is 0 Å². The minimum absolute atomic E-state index is 0.172. The second-order valence-corrected chi connectivity index (χ2v) is 8.36. The van der Waals surface area contributed by atoms with Gasteiger partial charge in [0, 0.05) is 25.6 Å². The summed E-state index contributed by atoms with van der Waals surface area (Å²) in [6, 6.07) is 8.39. The van der Waals surface area contributed by atoms with Crippen molar-refractivity contribution in [2.75, 3.05) is 6.54 Å². The molecule has 2 aromatic rings. The quantitative estimate of drug-likeness (QED) is 0.579. The molecule has 1 unspecified atom stereocenters. The van der Waals surface area contributed by atoms with Gasteiger partial charge in [-0.3, -0.25) is 4.79 Å². The number of nitrogens with zero attached hydrogens (tertiary/aromatic N) is 4. The van der Waals surface area contributed by atoms with Crippen LogP contribution in [0.15, 0.2) is 42.1 Å². The lowest BCUT2D eigenvalue weighted by Crippen LogP contribution is -2.40. The molecule has 2 heterocycles. The van der Waals surface area contributed by atoms with Gasteiger partial charge >= 0.3 is 0 Å². The van der Waals surface area contributed by atoms with Gasteiger partial charge in [0.25, 0.3) is 0 Å². The van der Waals surface area contributed by atoms with Crippen LogP contribution >= 0.6 is 11.8 Å². The first-order chi connectivity index (χ1) is 12.7. The highest BCUT2D eigenvalue weighted by molar-refractivity contribution is 8.00. The van der Waals surface area contributed by atoms with Crippen molar-refractivity contribution in [1.82, 2.24) is 19.7 Å². The van der Waals surface area contributed by atoms with Crippen molar-refractivity contribution in [3.63, 3.8) is 0 Å². The van der Waals surface area contributed by atoms with Crippen molar-refractivity contribution in [3.8, 4) is 0 Å². The first-order valence-electron chi connectivity index (χ1n) is 9.23. The Morgan fingerprint density at radius 3 is 2.85 bits per heavy atom. The molecule has 26 heavy (non-hydrogen) atoms. The number of rotatable bonds is 6. The molecule has 5 nitrogen and oxygen atoms in total. The zero-order valence-electron chi connectivity index (χ0n) is 15.1. The molecule has 1 aromatic heterocycles. The Bertz CT molecular complexity index is 827. The molecule has 1 aliphatic carbocycles. The summed E-state index contributed by atoms with van der Waals surface area (Å²) in [4.78, 5) is 14.9. The number of hydrogen-bond donors (Lipinski definition) is 0. The molecular weight excluding hydrogens is 344 g/mol. The molecule has 0 bridgehead atoms. The topological polar surface area (TPSA) is 51.0 Å². The van der Waals surface area contributed by atoms with Crippen molar-refractivity contribution in [1.29, 1.82) is 0 Å². The number of thioether (sulfide) groups is 1. The van der Waals surface area contributed by atoms with E-state index < -0.39 is 0 Å². The van der Waals surface area contributed by atoms with Crippen LogP contribution in [0.2, 0.25) is 0 Å². The summed E-state index contributed by atoms with van der Waals surface area (Å²) in [5.74, 6) is 1.74. The molecule has 1 atom stereocenters. The van der Waals surface area contributed by atoms with Crippen LogP contribution in [0.5, 0.6) is 0 Å². The van der Waals surface area contributed by atoms with Crippen LogP contribution < -0.4 is 0 Å². The van der Waals surface area contributed by atoms with Crippen molar-refractivity contribution < 1.29 is 4.79 Å². The number of amides is 1. The van der Waals surface area contributed by atoms with Crippen molar-refractivity contribution in [3.05, 3.63) is 53.9 Å². The Labute approximate surface area is 158 Å². The lowest BCUT2D eigenvalue weighted by molar-refractivity contribution is -0.131. The van der Waals surface area contributed by atoms with E-state index in [9.17, 15) is 4.79 Å². The Balaban J connectivity index is 1.46. The van der Waals surface area contributed by atoms with Gasteiger partial charge in [0.15, 0.2) is 5.16 Å². The second-order valence-electron chi connectivity index (χ2n) is 7.05. The van der Waals surface area contributed by atoms with Crippen LogP contribution in [0.3, 0.4) is 0 Å². The van der Waals surface area contributed by atoms with E-state index in [1.807, 2.05) is 24.0 Å². The van der Waals surface area contributed by atoms with E-state index in [0.29, 0.717) is 19.0 Å². The molecule has 1 fully saturated rings. The van der Waals surface area contributed by atoms with E-state index in [1.165, 1.54) is 35.7 Å². The van der Waals surface area contributed by atoms with Crippen LogP contribution in [0.4, 0.5) is 0 Å². The van der Waals surface area contributed by atoms with Crippen LogP contribution in [-0.4, -0.2) is 37.4 Å². The van der Waals surface area contributed by atoms with Gasteiger partial charge in [-0.1, -0.05) is 42.1 Å². The van der Waals surface area contributed by atoms with E-state index >= 15 is 0 Å². The minimum atomic E-state index is -0.180. The highest BCUT2D eigenvalue weighted by Crippen LogP contribution is 2.40. The Hall–Kier alpha value is -2.08. The fourth-order valence-corrected chi connectivity index (χ4v) is 4.43. The van der Waals surface area contributed by atoms with Crippen LogP contribution in [0.1, 0.15) is 42.6 Å². The first-order valence-corrected chi connectivity index (χ1v) is 10.1. The zero-order valence-corrected chi connectivity index (χ0v) is 15.9. The molecule has 136 valence electrons. The van der Waals surface area contributed by atoms with E-state index in [-0.39, 0.29) is 11.2 Å². The SMILES string of the molecule is C=CCn1c(SC(C)C(=O)N2CCc3ccccc3C2)nnc1C1CC1. The lowest BCUT2D eigenvalue weighted by Gasteiger charge is -2.30. The zero-order chi connectivity index (χ0) is 18.1. The molecule has 1 aliphatic heterocycles. The van der Waals surface area contributed by atoms with Gasteiger partial charge in [-0.05, 0) is 37.3 Å². The monoisotopic (exact) mass is 368 g/mol. The summed E-state index contributed by atoms with van der Waals surface area (Å²) in [5, 5.41) is 9.37. The Kier molecular flexibility index (Phi) is 4.85. The highest BCUT2D eigenvalue weighted by Gasteiger charge is 2.32. The fourth-order valence-electron chi connectivity index (χ4n) is 3.48. The fraction of sp³-hybridized carbons (Fsp3) is 0.450. The summed E-state index contributed by atoms with van der Waals surface area (Å²) >= 11 is 1.51. The number of carbonyl (C=O) groups excluding carboxylic acids is 1. The number of carbonyl (C=O) groups is 1. The van der Waals surface area contributed by atoms with E-state index in [0.717, 1.165) is 23.9 Å². The summed E-state index contributed by atoms with van der Waals surface area (Å²) in [6.07, 6.45) is 5.16. The summed E-state index contributed by atoms with van der Waals surface area (Å²) in [5.41, 5.74) is 2.62. The third kappa shape index (κ3) is 3.43. The van der Waals surface area contributed by atoms with Gasteiger partial charge in [0.2, 0.25) is 5.91 Å². The average Bonchev–Trinajstić information content (AvgIpc) is 3.44. The molecule has 0 saturated heterocycles. The van der Waals surface area contributed by atoms with Crippen LogP contribution in [-0.2, 0) is 24.3 Å². The largest absolute Gasteiger partial charge is 0.337 e. The third-order valence-electron chi connectivity index (χ3n) is 5.07. The van der Waals surface area contributed by atoms with Crippen molar-refractivity contribution in [2.24, 2.45) is 0 Å². The van der Waals surface area contributed by atoms with Gasteiger partial charge in [-0.2, -0.15) is 0 Å². The molecular formula is C20H24N4OS. The number of fused-ring (bicyclic) bond motifs is 1. The number of aromatic nitrogens is 3. The Morgan fingerprint density at radius 1 is 1.35 bits per heavy atom. The predicted octanol–water partition coefficient (Wildman–Crippen LogP) is 3.41. The maximum Gasteiger partial charge on any atom is 0.236 e. The third-order valence-corrected chi connectivity index (χ3v) is 6.14. The highest BCUT2D eigenvalue weighted by atomic mass is 32.2. The molecule has 4 rings (SSSR count). The van der Waals surface area contributed by atoms with Gasteiger partial charge in [0.05, 0.1) is 5.25 Å². The summed E-state index contributed by atoms with van der Waals surface area (Å²) in [7, 11) is 0. The molecule has 1 saturated carbocycles. The molecule has 2 aliphatic rings. The maximum absolute atomic E-state index is 13.0. The lowest BCUT2D eigenvalue weighted by atomic mass is 10.00.